The second kappa shape index (κ2) is 12.6. The lowest BCUT2D eigenvalue weighted by molar-refractivity contribution is 0.188. The number of hydrogen-bond acceptors (Lipinski definition) is 8. The minimum Gasteiger partial charge on any atom is -0.395 e. The van der Waals surface area contributed by atoms with Crippen LogP contribution in [0.4, 0.5) is 11.6 Å². The van der Waals surface area contributed by atoms with E-state index in [9.17, 15) is 0 Å². The summed E-state index contributed by atoms with van der Waals surface area (Å²) in [6.45, 7) is 26.9. The highest BCUT2D eigenvalue weighted by Gasteiger charge is 2.19. The van der Waals surface area contributed by atoms with Crippen LogP contribution in [-0.2, 0) is 0 Å². The Morgan fingerprint density at radius 1 is 1.15 bits per heavy atom. The Kier molecular flexibility index (Phi) is 10.2. The van der Waals surface area contributed by atoms with E-state index >= 15 is 0 Å². The smallest absolute Gasteiger partial charge is 0.136 e. The number of aliphatic hydroxyl groups excluding tert-OH is 1. The fourth-order valence-corrected chi connectivity index (χ4v) is 4.30. The standard InChI is InChI=1S/C25H38N6OS/c1-9-22(19(6)26-25(17(2)3)18(4)5)33-21(8)29-23-16-24(28-20(7)27-23)31-12-10-30(11-13-31)14-15-32/h9,16,26,32H,2,6,8,10-15H2,1,3-5,7H3,(H,27,28,29)/b22-9-. The van der Waals surface area contributed by atoms with Gasteiger partial charge in [-0.15, -0.1) is 0 Å². The number of aliphatic hydroxyl groups is 1. The zero-order valence-electron chi connectivity index (χ0n) is 20.7. The molecule has 7 nitrogen and oxygen atoms in total. The molecule has 0 bridgehead atoms. The Bertz CT molecular complexity index is 940. The molecule has 33 heavy (non-hydrogen) atoms. The van der Waals surface area contributed by atoms with Crippen molar-refractivity contribution in [2.24, 2.45) is 0 Å². The number of thioether (sulfide) groups is 1. The van der Waals surface area contributed by atoms with E-state index in [-0.39, 0.29) is 6.61 Å². The van der Waals surface area contributed by atoms with Gasteiger partial charge in [0.15, 0.2) is 0 Å². The number of aromatic nitrogens is 2. The molecule has 2 heterocycles. The molecule has 0 spiro atoms. The number of β-amino-alcohol motifs (C(OH)–C–C–N with tert-alkyl or cyclic N) is 1. The van der Waals surface area contributed by atoms with Crippen LogP contribution in [0.25, 0.3) is 0 Å². The number of rotatable bonds is 11. The summed E-state index contributed by atoms with van der Waals surface area (Å²) < 4.78 is 0. The fraction of sp³-hybridized carbons (Fsp3) is 0.440. The highest BCUT2D eigenvalue weighted by Crippen LogP contribution is 2.30. The van der Waals surface area contributed by atoms with Gasteiger partial charge in [-0.2, -0.15) is 0 Å². The van der Waals surface area contributed by atoms with Gasteiger partial charge in [-0.3, -0.25) is 4.90 Å². The first-order chi connectivity index (χ1) is 15.6. The largest absolute Gasteiger partial charge is 0.395 e. The quantitative estimate of drug-likeness (QED) is 0.411. The van der Waals surface area contributed by atoms with Gasteiger partial charge in [0, 0.05) is 55.1 Å². The first-order valence-electron chi connectivity index (χ1n) is 11.2. The van der Waals surface area contributed by atoms with Crippen LogP contribution in [-0.4, -0.2) is 59.3 Å². The van der Waals surface area contributed by atoms with Crippen LogP contribution < -0.4 is 15.5 Å². The Balaban J connectivity index is 2.04. The van der Waals surface area contributed by atoms with Crippen LogP contribution in [0.2, 0.25) is 0 Å². The van der Waals surface area contributed by atoms with Crippen molar-refractivity contribution < 1.29 is 5.11 Å². The number of aryl methyl sites for hydroxylation is 1. The Morgan fingerprint density at radius 3 is 2.36 bits per heavy atom. The first kappa shape index (κ1) is 26.7. The van der Waals surface area contributed by atoms with Crippen LogP contribution in [0.5, 0.6) is 0 Å². The molecule has 0 atom stereocenters. The molecule has 180 valence electrons. The van der Waals surface area contributed by atoms with Gasteiger partial charge in [-0.05, 0) is 40.2 Å². The lowest BCUT2D eigenvalue weighted by Gasteiger charge is -2.35. The number of hydrogen-bond donors (Lipinski definition) is 3. The van der Waals surface area contributed by atoms with Gasteiger partial charge in [0.2, 0.25) is 0 Å². The van der Waals surface area contributed by atoms with Crippen molar-refractivity contribution in [3.63, 3.8) is 0 Å². The summed E-state index contributed by atoms with van der Waals surface area (Å²) in [6.07, 6.45) is 2.01. The Hall–Kier alpha value is -2.55. The molecule has 2 rings (SSSR count). The van der Waals surface area contributed by atoms with E-state index in [2.05, 4.69) is 64.0 Å². The van der Waals surface area contributed by atoms with Crippen LogP contribution in [0.1, 0.15) is 33.5 Å². The lowest BCUT2D eigenvalue weighted by Crippen LogP contribution is -2.47. The molecule has 1 saturated heterocycles. The molecule has 0 radical (unpaired) electrons. The summed E-state index contributed by atoms with van der Waals surface area (Å²) in [7, 11) is 0. The summed E-state index contributed by atoms with van der Waals surface area (Å²) in [5.41, 5.74) is 3.91. The summed E-state index contributed by atoms with van der Waals surface area (Å²) in [6, 6.07) is 1.96. The van der Waals surface area contributed by atoms with Gasteiger partial charge in [0.1, 0.15) is 17.5 Å². The van der Waals surface area contributed by atoms with E-state index < -0.39 is 0 Å². The van der Waals surface area contributed by atoms with Crippen molar-refractivity contribution in [3.8, 4) is 0 Å². The maximum atomic E-state index is 9.15. The van der Waals surface area contributed by atoms with Crippen LogP contribution in [0, 0.1) is 6.92 Å². The summed E-state index contributed by atoms with van der Waals surface area (Å²) in [4.78, 5) is 14.7. The lowest BCUT2D eigenvalue weighted by atomic mass is 10.1. The van der Waals surface area contributed by atoms with Crippen LogP contribution >= 0.6 is 11.8 Å². The highest BCUT2D eigenvalue weighted by atomic mass is 32.2. The summed E-state index contributed by atoms with van der Waals surface area (Å²) in [5, 5.41) is 16.6. The van der Waals surface area contributed by atoms with E-state index in [1.54, 1.807) is 0 Å². The van der Waals surface area contributed by atoms with Crippen LogP contribution in [0.15, 0.2) is 64.4 Å². The van der Waals surface area contributed by atoms with Gasteiger partial charge in [-0.1, -0.05) is 43.1 Å². The predicted molar refractivity (Wildman–Crippen MR) is 142 cm³/mol. The maximum absolute atomic E-state index is 9.15. The summed E-state index contributed by atoms with van der Waals surface area (Å²) >= 11 is 1.50. The molecule has 1 fully saturated rings. The van der Waals surface area contributed by atoms with Crippen LogP contribution in [0.3, 0.4) is 0 Å². The van der Waals surface area contributed by atoms with Crippen molar-refractivity contribution in [1.29, 1.82) is 0 Å². The number of nitrogens with one attached hydrogen (secondary N) is 2. The molecule has 3 N–H and O–H groups in total. The van der Waals surface area contributed by atoms with Gasteiger partial charge >= 0.3 is 0 Å². The molecule has 0 aromatic carbocycles. The Morgan fingerprint density at radius 2 is 1.82 bits per heavy atom. The molecule has 0 unspecified atom stereocenters. The number of nitrogens with zero attached hydrogens (tertiary/aromatic N) is 4. The van der Waals surface area contributed by atoms with Gasteiger partial charge in [0.05, 0.1) is 11.6 Å². The van der Waals surface area contributed by atoms with Crippen molar-refractivity contribution in [2.75, 3.05) is 49.5 Å². The molecule has 0 saturated carbocycles. The molecular weight excluding hydrogens is 432 g/mol. The van der Waals surface area contributed by atoms with Crippen molar-refractivity contribution in [2.45, 2.75) is 34.6 Å². The van der Waals surface area contributed by atoms with Gasteiger partial charge < -0.3 is 20.6 Å². The minimum atomic E-state index is 0.194. The fourth-order valence-electron chi connectivity index (χ4n) is 3.59. The van der Waals surface area contributed by atoms with E-state index in [0.29, 0.717) is 11.6 Å². The summed E-state index contributed by atoms with van der Waals surface area (Å²) in [5.74, 6) is 2.32. The Labute approximate surface area is 203 Å². The number of piperazine rings is 1. The van der Waals surface area contributed by atoms with Crippen molar-refractivity contribution >= 4 is 23.4 Å². The molecule has 0 amide bonds. The SMILES string of the molecule is C=C(Nc1cc(N2CCN(CCO)CC2)nc(C)n1)S/C(=C\C)C(=C)NC(C(=C)C)=C(C)C. The second-order valence-electron chi connectivity index (χ2n) is 8.27. The number of allylic oxidation sites excluding steroid dienone is 3. The second-order valence-corrected chi connectivity index (χ2v) is 9.41. The highest BCUT2D eigenvalue weighted by molar-refractivity contribution is 8.07. The third-order valence-electron chi connectivity index (χ3n) is 5.20. The zero-order chi connectivity index (χ0) is 24.5. The molecule has 8 heteroatoms. The monoisotopic (exact) mass is 470 g/mol. The predicted octanol–water partition coefficient (Wildman–Crippen LogP) is 4.39. The van der Waals surface area contributed by atoms with Gasteiger partial charge in [-0.25, -0.2) is 9.97 Å². The molecule has 1 aromatic heterocycles. The average molecular weight is 471 g/mol. The minimum absolute atomic E-state index is 0.194. The topological polar surface area (TPSA) is 76.5 Å². The van der Waals surface area contributed by atoms with Gasteiger partial charge in [0.25, 0.3) is 0 Å². The number of anilines is 2. The third kappa shape index (κ3) is 8.07. The van der Waals surface area contributed by atoms with E-state index in [1.165, 1.54) is 11.8 Å². The van der Waals surface area contributed by atoms with E-state index in [1.807, 2.05) is 32.9 Å². The van der Waals surface area contributed by atoms with E-state index in [4.69, 9.17) is 5.11 Å². The molecule has 1 aliphatic heterocycles. The molecule has 1 aliphatic rings. The van der Waals surface area contributed by atoms with Crippen molar-refractivity contribution in [1.82, 2.24) is 20.2 Å². The molecular formula is C25H38N6OS. The maximum Gasteiger partial charge on any atom is 0.136 e. The van der Waals surface area contributed by atoms with Crippen molar-refractivity contribution in [3.05, 3.63) is 70.2 Å². The molecule has 0 aliphatic carbocycles. The zero-order valence-corrected chi connectivity index (χ0v) is 21.5. The molecule has 1 aromatic rings. The van der Waals surface area contributed by atoms with E-state index in [0.717, 1.165) is 71.0 Å². The first-order valence-corrected chi connectivity index (χ1v) is 12.0. The third-order valence-corrected chi connectivity index (χ3v) is 6.25. The normalized spacial score (nSPS) is 14.6. The average Bonchev–Trinajstić information content (AvgIpc) is 2.75.